The lowest BCUT2D eigenvalue weighted by atomic mass is 10.2. The fourth-order valence-corrected chi connectivity index (χ4v) is 2.64. The molecule has 0 spiro atoms. The van der Waals surface area contributed by atoms with Gasteiger partial charge in [0.25, 0.3) is 5.69 Å². The van der Waals surface area contributed by atoms with Gasteiger partial charge in [-0.3, -0.25) is 15.2 Å². The van der Waals surface area contributed by atoms with Crippen molar-refractivity contribution in [2.24, 2.45) is 0 Å². The molecule has 2 aromatic rings. The van der Waals surface area contributed by atoms with Gasteiger partial charge in [0.15, 0.2) is 0 Å². The maximum absolute atomic E-state index is 11.7. The lowest BCUT2D eigenvalue weighted by molar-refractivity contribution is -0.384. The Morgan fingerprint density at radius 3 is 2.64 bits per heavy atom. The first kappa shape index (κ1) is 15.9. The fraction of sp³-hybridized carbons (Fsp3) is 0.250. The predicted molar refractivity (Wildman–Crippen MR) is 80.0 cm³/mol. The van der Waals surface area contributed by atoms with E-state index in [0.29, 0.717) is 0 Å². The standard InChI is InChI=1S/C12H15N5O4S/c1-8(10-5-6-14-16-10)15-11-4-3-9(22(20,21)13-2)7-12(11)17(18)19/h3-8,13,15H,1-2H3,(H,14,16)/t8-/m0/s1. The average molecular weight is 325 g/mol. The number of nitro groups is 1. The second-order valence-corrected chi connectivity index (χ2v) is 6.41. The van der Waals surface area contributed by atoms with Crippen LogP contribution in [0.4, 0.5) is 11.4 Å². The minimum Gasteiger partial charge on any atom is -0.371 e. The quantitative estimate of drug-likeness (QED) is 0.543. The number of nitrogens with one attached hydrogen (secondary N) is 3. The van der Waals surface area contributed by atoms with Crippen molar-refractivity contribution >= 4 is 21.4 Å². The van der Waals surface area contributed by atoms with Gasteiger partial charge in [0.05, 0.1) is 21.6 Å². The van der Waals surface area contributed by atoms with Gasteiger partial charge in [-0.05, 0) is 32.2 Å². The van der Waals surface area contributed by atoms with Gasteiger partial charge in [0, 0.05) is 12.3 Å². The number of H-pyrrole nitrogens is 1. The molecular weight excluding hydrogens is 310 g/mol. The molecule has 0 bridgehead atoms. The van der Waals surface area contributed by atoms with Gasteiger partial charge in [0.1, 0.15) is 5.69 Å². The number of aromatic nitrogens is 2. The molecule has 2 rings (SSSR count). The van der Waals surface area contributed by atoms with Gasteiger partial charge in [-0.2, -0.15) is 5.10 Å². The van der Waals surface area contributed by atoms with Crippen molar-refractivity contribution < 1.29 is 13.3 Å². The van der Waals surface area contributed by atoms with Crippen LogP contribution in [0.2, 0.25) is 0 Å². The van der Waals surface area contributed by atoms with Crippen LogP contribution in [0.15, 0.2) is 35.4 Å². The first-order chi connectivity index (χ1) is 10.3. The van der Waals surface area contributed by atoms with E-state index in [1.807, 2.05) is 0 Å². The van der Waals surface area contributed by atoms with E-state index in [-0.39, 0.29) is 22.3 Å². The Hall–Kier alpha value is -2.46. The Morgan fingerprint density at radius 1 is 1.36 bits per heavy atom. The van der Waals surface area contributed by atoms with Crippen LogP contribution < -0.4 is 10.0 Å². The Kier molecular flexibility index (Phi) is 4.43. The summed E-state index contributed by atoms with van der Waals surface area (Å²) in [6, 6.07) is 5.18. The van der Waals surface area contributed by atoms with Crippen LogP contribution in [0.1, 0.15) is 18.7 Å². The number of hydrogen-bond donors (Lipinski definition) is 3. The smallest absolute Gasteiger partial charge is 0.293 e. The van der Waals surface area contributed by atoms with E-state index in [2.05, 4.69) is 20.2 Å². The minimum atomic E-state index is -3.74. The van der Waals surface area contributed by atoms with E-state index in [1.165, 1.54) is 19.2 Å². The maximum atomic E-state index is 11.7. The Labute approximate surface area is 126 Å². The summed E-state index contributed by atoms with van der Waals surface area (Å²) in [5.41, 5.74) is 0.658. The summed E-state index contributed by atoms with van der Waals surface area (Å²) in [5, 5.41) is 20.7. The third kappa shape index (κ3) is 3.23. The molecule has 1 atom stereocenters. The summed E-state index contributed by atoms with van der Waals surface area (Å²) in [6.07, 6.45) is 1.57. The zero-order valence-electron chi connectivity index (χ0n) is 11.9. The van der Waals surface area contributed by atoms with Crippen LogP contribution in [0.25, 0.3) is 0 Å². The SMILES string of the molecule is CNS(=O)(=O)c1ccc(N[C@@H](C)c2ccn[nH]2)c([N+](=O)[O-])c1. The lowest BCUT2D eigenvalue weighted by Gasteiger charge is -2.14. The zero-order chi connectivity index (χ0) is 16.3. The summed E-state index contributed by atoms with van der Waals surface area (Å²) < 4.78 is 25.6. The molecule has 10 heteroatoms. The summed E-state index contributed by atoms with van der Waals surface area (Å²) >= 11 is 0. The topological polar surface area (TPSA) is 130 Å². The van der Waals surface area contributed by atoms with Crippen molar-refractivity contribution in [1.29, 1.82) is 0 Å². The molecule has 0 aliphatic carbocycles. The molecule has 0 amide bonds. The van der Waals surface area contributed by atoms with Crippen LogP contribution in [0.3, 0.4) is 0 Å². The number of nitro benzene ring substituents is 1. The number of nitrogens with zero attached hydrogens (tertiary/aromatic N) is 2. The molecule has 0 fully saturated rings. The normalized spacial score (nSPS) is 12.8. The molecular formula is C12H15N5O4S. The van der Waals surface area contributed by atoms with E-state index in [4.69, 9.17) is 0 Å². The fourth-order valence-electron chi connectivity index (χ4n) is 1.89. The van der Waals surface area contributed by atoms with E-state index in [0.717, 1.165) is 11.8 Å². The highest BCUT2D eigenvalue weighted by Crippen LogP contribution is 2.30. The molecule has 0 aliphatic heterocycles. The van der Waals surface area contributed by atoms with Crippen LogP contribution in [0, 0.1) is 10.1 Å². The molecule has 22 heavy (non-hydrogen) atoms. The number of sulfonamides is 1. The van der Waals surface area contributed by atoms with Crippen LogP contribution in [-0.4, -0.2) is 30.6 Å². The second kappa shape index (κ2) is 6.12. The van der Waals surface area contributed by atoms with E-state index in [1.54, 1.807) is 19.2 Å². The highest BCUT2D eigenvalue weighted by Gasteiger charge is 2.21. The van der Waals surface area contributed by atoms with E-state index >= 15 is 0 Å². The molecule has 9 nitrogen and oxygen atoms in total. The molecule has 0 saturated heterocycles. The van der Waals surface area contributed by atoms with Crippen molar-refractivity contribution in [2.45, 2.75) is 17.9 Å². The van der Waals surface area contributed by atoms with Crippen molar-refractivity contribution in [3.63, 3.8) is 0 Å². The molecule has 0 radical (unpaired) electrons. The molecule has 3 N–H and O–H groups in total. The van der Waals surface area contributed by atoms with Crippen LogP contribution in [-0.2, 0) is 10.0 Å². The van der Waals surface area contributed by atoms with Gasteiger partial charge in [-0.25, -0.2) is 13.1 Å². The van der Waals surface area contributed by atoms with Crippen molar-refractivity contribution in [2.75, 3.05) is 12.4 Å². The van der Waals surface area contributed by atoms with E-state index < -0.39 is 14.9 Å². The molecule has 0 saturated carbocycles. The monoisotopic (exact) mass is 325 g/mol. The molecule has 0 unspecified atom stereocenters. The van der Waals surface area contributed by atoms with Gasteiger partial charge >= 0.3 is 0 Å². The molecule has 0 aliphatic rings. The molecule has 1 heterocycles. The van der Waals surface area contributed by atoms with Crippen LogP contribution >= 0.6 is 0 Å². The van der Waals surface area contributed by atoms with Gasteiger partial charge in [0.2, 0.25) is 10.0 Å². The second-order valence-electron chi connectivity index (χ2n) is 4.52. The van der Waals surface area contributed by atoms with E-state index in [9.17, 15) is 18.5 Å². The largest absolute Gasteiger partial charge is 0.371 e. The summed E-state index contributed by atoms with van der Waals surface area (Å²) in [5.74, 6) is 0. The highest BCUT2D eigenvalue weighted by atomic mass is 32.2. The van der Waals surface area contributed by atoms with Crippen molar-refractivity contribution in [3.8, 4) is 0 Å². The zero-order valence-corrected chi connectivity index (χ0v) is 12.7. The highest BCUT2D eigenvalue weighted by molar-refractivity contribution is 7.89. The molecule has 1 aromatic heterocycles. The summed E-state index contributed by atoms with van der Waals surface area (Å²) in [7, 11) is -2.50. The first-order valence-corrected chi connectivity index (χ1v) is 7.81. The number of benzene rings is 1. The van der Waals surface area contributed by atoms with Crippen molar-refractivity contribution in [3.05, 3.63) is 46.3 Å². The third-order valence-corrected chi connectivity index (χ3v) is 4.52. The first-order valence-electron chi connectivity index (χ1n) is 6.33. The number of hydrogen-bond acceptors (Lipinski definition) is 6. The third-order valence-electron chi connectivity index (χ3n) is 3.11. The lowest BCUT2D eigenvalue weighted by Crippen LogP contribution is -2.19. The Balaban J connectivity index is 2.38. The molecule has 118 valence electrons. The van der Waals surface area contributed by atoms with Gasteiger partial charge < -0.3 is 5.32 Å². The minimum absolute atomic E-state index is 0.165. The van der Waals surface area contributed by atoms with Gasteiger partial charge in [-0.1, -0.05) is 0 Å². The number of aromatic amines is 1. The predicted octanol–water partition coefficient (Wildman–Crippen LogP) is 1.40. The number of anilines is 1. The molecule has 1 aromatic carbocycles. The summed E-state index contributed by atoms with van der Waals surface area (Å²) in [4.78, 5) is 10.4. The number of rotatable bonds is 6. The Morgan fingerprint density at radius 2 is 2.09 bits per heavy atom. The average Bonchev–Trinajstić information content (AvgIpc) is 3.01. The van der Waals surface area contributed by atoms with Crippen molar-refractivity contribution in [1.82, 2.24) is 14.9 Å². The van der Waals surface area contributed by atoms with Gasteiger partial charge in [-0.15, -0.1) is 0 Å². The Bertz CT molecular complexity index is 773. The summed E-state index contributed by atoms with van der Waals surface area (Å²) in [6.45, 7) is 1.80. The van der Waals surface area contributed by atoms with Crippen LogP contribution in [0.5, 0.6) is 0 Å². The maximum Gasteiger partial charge on any atom is 0.293 e.